The third-order valence-electron chi connectivity index (χ3n) is 5.08. The number of hydrogen-bond donors (Lipinski definition) is 0. The number of hydrogen-bond acceptors (Lipinski definition) is 6. The zero-order valence-electron chi connectivity index (χ0n) is 18.2. The maximum Gasteiger partial charge on any atom is 0.343 e. The zero-order valence-corrected chi connectivity index (χ0v) is 18.2. The van der Waals surface area contributed by atoms with Gasteiger partial charge in [0.05, 0.1) is 25.3 Å². The minimum atomic E-state index is -0.582. The van der Waals surface area contributed by atoms with Crippen LogP contribution in [0.25, 0.3) is 6.08 Å². The van der Waals surface area contributed by atoms with Crippen molar-refractivity contribution in [1.82, 2.24) is 0 Å². The number of Topliss-reactive ketones (excluding diaryl/α,β-unsaturated/α-hetero) is 1. The van der Waals surface area contributed by atoms with Crippen molar-refractivity contribution < 1.29 is 28.5 Å². The summed E-state index contributed by atoms with van der Waals surface area (Å²) in [6, 6.07) is 15.8. The summed E-state index contributed by atoms with van der Waals surface area (Å²) < 4.78 is 21.8. The van der Waals surface area contributed by atoms with Crippen molar-refractivity contribution in [3.05, 3.63) is 88.2 Å². The van der Waals surface area contributed by atoms with E-state index in [0.29, 0.717) is 28.4 Å². The van der Waals surface area contributed by atoms with Crippen LogP contribution in [0.4, 0.5) is 0 Å². The summed E-state index contributed by atoms with van der Waals surface area (Å²) in [5.74, 6) is 1.03. The quantitative estimate of drug-likeness (QED) is 0.316. The molecular weight excluding hydrogens is 408 g/mol. The van der Waals surface area contributed by atoms with Gasteiger partial charge in [-0.3, -0.25) is 4.79 Å². The molecule has 1 heterocycles. The number of methoxy groups -OCH3 is 2. The molecule has 0 amide bonds. The summed E-state index contributed by atoms with van der Waals surface area (Å²) in [5, 5.41) is 0. The zero-order chi connectivity index (χ0) is 22.8. The van der Waals surface area contributed by atoms with Crippen LogP contribution in [-0.2, 0) is 0 Å². The van der Waals surface area contributed by atoms with Crippen LogP contribution < -0.4 is 18.9 Å². The highest BCUT2D eigenvalue weighted by molar-refractivity contribution is 6.15. The highest BCUT2D eigenvalue weighted by Gasteiger charge is 2.30. The lowest BCUT2D eigenvalue weighted by Gasteiger charge is -2.10. The van der Waals surface area contributed by atoms with Crippen LogP contribution in [0.1, 0.15) is 37.4 Å². The lowest BCUT2D eigenvalue weighted by Crippen LogP contribution is -2.09. The average molecular weight is 430 g/mol. The van der Waals surface area contributed by atoms with Crippen LogP contribution in [0.3, 0.4) is 0 Å². The van der Waals surface area contributed by atoms with Crippen molar-refractivity contribution >= 4 is 17.8 Å². The number of benzene rings is 3. The smallest absolute Gasteiger partial charge is 0.343 e. The molecule has 0 N–H and O–H groups in total. The molecule has 0 saturated heterocycles. The van der Waals surface area contributed by atoms with Crippen LogP contribution in [0, 0.1) is 13.8 Å². The molecule has 6 nitrogen and oxygen atoms in total. The van der Waals surface area contributed by atoms with E-state index in [-0.39, 0.29) is 22.9 Å². The Balaban J connectivity index is 1.61. The minimum Gasteiger partial charge on any atom is -0.497 e. The third kappa shape index (κ3) is 4.21. The van der Waals surface area contributed by atoms with E-state index in [0.717, 1.165) is 11.1 Å². The van der Waals surface area contributed by atoms with E-state index >= 15 is 0 Å². The van der Waals surface area contributed by atoms with Gasteiger partial charge in [-0.15, -0.1) is 0 Å². The van der Waals surface area contributed by atoms with Crippen LogP contribution in [0.15, 0.2) is 60.4 Å². The van der Waals surface area contributed by atoms with E-state index in [1.165, 1.54) is 14.2 Å². The second kappa shape index (κ2) is 8.59. The first-order valence-corrected chi connectivity index (χ1v) is 9.98. The molecule has 162 valence electrons. The molecule has 32 heavy (non-hydrogen) atoms. The molecule has 0 spiro atoms. The number of fused-ring (bicyclic) bond motifs is 1. The molecule has 1 aliphatic rings. The molecule has 0 fully saturated rings. The lowest BCUT2D eigenvalue weighted by atomic mass is 10.0. The molecule has 0 aliphatic carbocycles. The van der Waals surface area contributed by atoms with Crippen molar-refractivity contribution in [1.29, 1.82) is 0 Å². The maximum atomic E-state index is 12.9. The van der Waals surface area contributed by atoms with Crippen LogP contribution in [0.5, 0.6) is 23.0 Å². The summed E-state index contributed by atoms with van der Waals surface area (Å²) in [5.41, 5.74) is 3.36. The number of carbonyl (C=O) groups is 2. The number of aryl methyl sites for hydroxylation is 2. The normalized spacial score (nSPS) is 13.5. The van der Waals surface area contributed by atoms with Crippen molar-refractivity contribution in [3.8, 4) is 23.0 Å². The van der Waals surface area contributed by atoms with Gasteiger partial charge in [0, 0.05) is 12.1 Å². The SMILES string of the molecule is COc1cc(OC)cc(C(=O)Oc2cc(C)c3c(c2)O/C(=C\c2cccc(C)c2)C3=O)c1. The highest BCUT2D eigenvalue weighted by Crippen LogP contribution is 2.38. The van der Waals surface area contributed by atoms with Gasteiger partial charge in [-0.2, -0.15) is 0 Å². The first kappa shape index (κ1) is 21.2. The third-order valence-corrected chi connectivity index (χ3v) is 5.08. The Labute approximate surface area is 186 Å². The van der Waals surface area contributed by atoms with E-state index in [4.69, 9.17) is 18.9 Å². The average Bonchev–Trinajstić information content (AvgIpc) is 3.08. The van der Waals surface area contributed by atoms with Crippen molar-refractivity contribution in [2.75, 3.05) is 14.2 Å². The van der Waals surface area contributed by atoms with E-state index in [2.05, 4.69) is 0 Å². The van der Waals surface area contributed by atoms with Gasteiger partial charge in [-0.25, -0.2) is 4.79 Å². The molecule has 0 atom stereocenters. The topological polar surface area (TPSA) is 71.1 Å². The molecule has 0 bridgehead atoms. The Kier molecular flexibility index (Phi) is 5.69. The van der Waals surface area contributed by atoms with E-state index in [9.17, 15) is 9.59 Å². The Morgan fingerprint density at radius 3 is 2.28 bits per heavy atom. The molecule has 3 aromatic rings. The van der Waals surface area contributed by atoms with E-state index in [1.54, 1.807) is 43.3 Å². The maximum absolute atomic E-state index is 12.9. The predicted molar refractivity (Wildman–Crippen MR) is 120 cm³/mol. The van der Waals surface area contributed by atoms with Gasteiger partial charge >= 0.3 is 5.97 Å². The van der Waals surface area contributed by atoms with Gasteiger partial charge in [-0.1, -0.05) is 29.8 Å². The summed E-state index contributed by atoms with van der Waals surface area (Å²) in [7, 11) is 3.01. The molecular formula is C26H22O6. The fourth-order valence-corrected chi connectivity index (χ4v) is 3.54. The minimum absolute atomic E-state index is 0.200. The summed E-state index contributed by atoms with van der Waals surface area (Å²) in [6.45, 7) is 3.76. The molecule has 0 radical (unpaired) electrons. The second-order valence-corrected chi connectivity index (χ2v) is 7.46. The van der Waals surface area contributed by atoms with Crippen LogP contribution >= 0.6 is 0 Å². The van der Waals surface area contributed by atoms with Gasteiger partial charge < -0.3 is 18.9 Å². The Bertz CT molecular complexity index is 1230. The fourth-order valence-electron chi connectivity index (χ4n) is 3.54. The van der Waals surface area contributed by atoms with E-state index < -0.39 is 5.97 Å². The molecule has 4 rings (SSSR count). The van der Waals surface area contributed by atoms with Crippen molar-refractivity contribution in [2.24, 2.45) is 0 Å². The lowest BCUT2D eigenvalue weighted by molar-refractivity contribution is 0.0733. The standard InChI is InChI=1S/C26H22O6/c1-15-6-5-7-17(8-15)10-23-25(27)24-16(2)9-21(14-22(24)32-23)31-26(28)18-11-19(29-3)13-20(12-18)30-4/h5-14H,1-4H3/b23-10-. The summed E-state index contributed by atoms with van der Waals surface area (Å²) in [6.07, 6.45) is 1.71. The van der Waals surface area contributed by atoms with Crippen LogP contribution in [0.2, 0.25) is 0 Å². The largest absolute Gasteiger partial charge is 0.497 e. The van der Waals surface area contributed by atoms with Gasteiger partial charge in [0.2, 0.25) is 5.78 Å². The molecule has 0 aromatic heterocycles. The monoisotopic (exact) mass is 430 g/mol. The first-order chi connectivity index (χ1) is 15.4. The second-order valence-electron chi connectivity index (χ2n) is 7.46. The molecule has 0 saturated carbocycles. The van der Waals surface area contributed by atoms with Gasteiger partial charge in [0.15, 0.2) is 5.76 Å². The number of rotatable bonds is 5. The van der Waals surface area contributed by atoms with Gasteiger partial charge in [-0.05, 0) is 49.2 Å². The molecule has 6 heteroatoms. The Morgan fingerprint density at radius 1 is 0.906 bits per heavy atom. The van der Waals surface area contributed by atoms with Crippen molar-refractivity contribution in [2.45, 2.75) is 13.8 Å². The Hall–Kier alpha value is -4.06. The number of esters is 1. The number of ketones is 1. The van der Waals surface area contributed by atoms with E-state index in [1.807, 2.05) is 31.2 Å². The Morgan fingerprint density at radius 2 is 1.62 bits per heavy atom. The first-order valence-electron chi connectivity index (χ1n) is 9.98. The highest BCUT2D eigenvalue weighted by atomic mass is 16.5. The number of ether oxygens (including phenoxy) is 4. The summed E-state index contributed by atoms with van der Waals surface area (Å²) >= 11 is 0. The predicted octanol–water partition coefficient (Wildman–Crippen LogP) is 5.16. The number of allylic oxidation sites excluding steroid dienone is 1. The van der Waals surface area contributed by atoms with Gasteiger partial charge in [0.1, 0.15) is 23.0 Å². The van der Waals surface area contributed by atoms with Crippen molar-refractivity contribution in [3.63, 3.8) is 0 Å². The van der Waals surface area contributed by atoms with Crippen LogP contribution in [-0.4, -0.2) is 26.0 Å². The molecule has 1 aliphatic heterocycles. The fraction of sp³-hybridized carbons (Fsp3) is 0.154. The molecule has 3 aromatic carbocycles. The summed E-state index contributed by atoms with van der Waals surface area (Å²) in [4.78, 5) is 25.6. The number of carbonyl (C=O) groups excluding carboxylic acids is 2. The van der Waals surface area contributed by atoms with Gasteiger partial charge in [0.25, 0.3) is 0 Å². The molecule has 0 unspecified atom stereocenters.